The summed E-state index contributed by atoms with van der Waals surface area (Å²) in [4.78, 5) is 2.30. The average Bonchev–Trinajstić information content (AvgIpc) is 2.65. The lowest BCUT2D eigenvalue weighted by Crippen LogP contribution is -2.32. The van der Waals surface area contributed by atoms with Crippen LogP contribution in [-0.2, 0) is 4.74 Å². The van der Waals surface area contributed by atoms with Crippen molar-refractivity contribution in [2.24, 2.45) is 0 Å². The highest BCUT2D eigenvalue weighted by Gasteiger charge is 2.16. The van der Waals surface area contributed by atoms with Crippen LogP contribution in [0.1, 0.15) is 26.2 Å². The third kappa shape index (κ3) is 3.84. The third-order valence-corrected chi connectivity index (χ3v) is 3.25. The summed E-state index contributed by atoms with van der Waals surface area (Å²) < 4.78 is 5.56. The average molecular weight is 206 g/mol. The van der Waals surface area contributed by atoms with E-state index >= 15 is 0 Å². The molecule has 0 aliphatic carbocycles. The Balaban J connectivity index is 2.10. The Morgan fingerprint density at radius 1 is 1.62 bits per heavy atom. The lowest BCUT2D eigenvalue weighted by atomic mass is 10.1. The molecule has 1 rings (SSSR count). The van der Waals surface area contributed by atoms with E-state index < -0.39 is 0 Å². The van der Waals surface area contributed by atoms with Gasteiger partial charge in [0.2, 0.25) is 0 Å². The molecule has 2 nitrogen and oxygen atoms in total. The maximum Gasteiger partial charge on any atom is 0.0588 e. The van der Waals surface area contributed by atoms with E-state index in [4.69, 9.17) is 16.3 Å². The van der Waals surface area contributed by atoms with Crippen molar-refractivity contribution in [2.45, 2.75) is 38.3 Å². The minimum atomic E-state index is 0.475. The fourth-order valence-corrected chi connectivity index (χ4v) is 1.79. The van der Waals surface area contributed by atoms with Gasteiger partial charge >= 0.3 is 0 Å². The number of hydrogen-bond acceptors (Lipinski definition) is 2. The molecule has 0 saturated carbocycles. The lowest BCUT2D eigenvalue weighted by molar-refractivity contribution is 0.0920. The van der Waals surface area contributed by atoms with Crippen LogP contribution in [0.2, 0.25) is 0 Å². The van der Waals surface area contributed by atoms with Crippen LogP contribution in [0.5, 0.6) is 0 Å². The van der Waals surface area contributed by atoms with Gasteiger partial charge in [-0.1, -0.05) is 0 Å². The highest BCUT2D eigenvalue weighted by molar-refractivity contribution is 6.18. The Hall–Kier alpha value is 0.210. The van der Waals surface area contributed by atoms with Crippen LogP contribution in [0.15, 0.2) is 0 Å². The van der Waals surface area contributed by atoms with Crippen molar-refractivity contribution in [3.8, 4) is 0 Å². The van der Waals surface area contributed by atoms with Gasteiger partial charge in [-0.15, -0.1) is 11.6 Å². The van der Waals surface area contributed by atoms with Crippen molar-refractivity contribution in [1.29, 1.82) is 0 Å². The number of rotatable bonds is 5. The van der Waals surface area contributed by atoms with E-state index in [9.17, 15) is 0 Å². The lowest BCUT2D eigenvalue weighted by Gasteiger charge is -2.23. The maximum atomic E-state index is 5.77. The molecule has 1 aliphatic rings. The monoisotopic (exact) mass is 205 g/mol. The van der Waals surface area contributed by atoms with Gasteiger partial charge in [0.1, 0.15) is 0 Å². The Morgan fingerprint density at radius 3 is 2.92 bits per heavy atom. The number of hydrogen-bond donors (Lipinski definition) is 0. The first kappa shape index (κ1) is 11.3. The largest absolute Gasteiger partial charge is 0.378 e. The Morgan fingerprint density at radius 2 is 2.38 bits per heavy atom. The van der Waals surface area contributed by atoms with Crippen molar-refractivity contribution >= 4 is 11.6 Å². The van der Waals surface area contributed by atoms with Crippen LogP contribution in [0.25, 0.3) is 0 Å². The summed E-state index contributed by atoms with van der Waals surface area (Å²) in [5, 5.41) is 0. The van der Waals surface area contributed by atoms with Gasteiger partial charge in [-0.2, -0.15) is 0 Å². The molecule has 13 heavy (non-hydrogen) atoms. The molecular weight excluding hydrogens is 186 g/mol. The van der Waals surface area contributed by atoms with Crippen LogP contribution >= 0.6 is 11.6 Å². The number of nitrogens with zero attached hydrogens (tertiary/aromatic N) is 1. The van der Waals surface area contributed by atoms with Gasteiger partial charge in [0.15, 0.2) is 0 Å². The van der Waals surface area contributed by atoms with Gasteiger partial charge in [-0.05, 0) is 33.2 Å². The topological polar surface area (TPSA) is 12.5 Å². The van der Waals surface area contributed by atoms with Crippen LogP contribution in [0.4, 0.5) is 0 Å². The van der Waals surface area contributed by atoms with Crippen molar-refractivity contribution in [1.82, 2.24) is 4.90 Å². The minimum Gasteiger partial charge on any atom is -0.378 e. The van der Waals surface area contributed by atoms with Gasteiger partial charge in [0.05, 0.1) is 6.10 Å². The minimum absolute atomic E-state index is 0.475. The molecule has 3 heteroatoms. The summed E-state index contributed by atoms with van der Waals surface area (Å²) in [7, 11) is 2.13. The van der Waals surface area contributed by atoms with Crippen molar-refractivity contribution in [2.75, 3.05) is 26.1 Å². The SMILES string of the molecule is CC(CCl)N(C)CCC1CCCO1. The summed E-state index contributed by atoms with van der Waals surface area (Å²) >= 11 is 5.77. The molecule has 1 saturated heterocycles. The summed E-state index contributed by atoms with van der Waals surface area (Å²) in [6.07, 6.45) is 4.13. The fourth-order valence-electron chi connectivity index (χ4n) is 1.56. The molecular formula is C10H20ClNO. The van der Waals surface area contributed by atoms with E-state index in [2.05, 4.69) is 18.9 Å². The van der Waals surface area contributed by atoms with Crippen LogP contribution < -0.4 is 0 Å². The molecule has 0 N–H and O–H groups in total. The maximum absolute atomic E-state index is 5.77. The number of halogens is 1. The highest BCUT2D eigenvalue weighted by atomic mass is 35.5. The van der Waals surface area contributed by atoms with E-state index in [1.807, 2.05) is 0 Å². The standard InChI is InChI=1S/C10H20ClNO/c1-9(8-11)12(2)6-5-10-4-3-7-13-10/h9-10H,3-8H2,1-2H3. The van der Waals surface area contributed by atoms with E-state index in [0.717, 1.165) is 19.6 Å². The number of alkyl halides is 1. The summed E-state index contributed by atoms with van der Waals surface area (Å²) in [5.74, 6) is 0.710. The summed E-state index contributed by atoms with van der Waals surface area (Å²) in [5.41, 5.74) is 0. The molecule has 0 aromatic carbocycles. The molecule has 1 aliphatic heterocycles. The predicted molar refractivity (Wildman–Crippen MR) is 56.4 cm³/mol. The Kier molecular flexibility index (Phi) is 5.07. The second kappa shape index (κ2) is 5.84. The van der Waals surface area contributed by atoms with Gasteiger partial charge in [-0.3, -0.25) is 0 Å². The van der Waals surface area contributed by atoms with Crippen LogP contribution in [0, 0.1) is 0 Å². The molecule has 0 aromatic rings. The van der Waals surface area contributed by atoms with Crippen molar-refractivity contribution in [3.63, 3.8) is 0 Å². The van der Waals surface area contributed by atoms with Crippen LogP contribution in [0.3, 0.4) is 0 Å². The summed E-state index contributed by atoms with van der Waals surface area (Å²) in [6, 6.07) is 0.475. The highest BCUT2D eigenvalue weighted by Crippen LogP contribution is 2.15. The zero-order chi connectivity index (χ0) is 9.68. The fraction of sp³-hybridized carbons (Fsp3) is 1.00. The molecule has 0 spiro atoms. The second-order valence-corrected chi connectivity index (χ2v) is 4.22. The van der Waals surface area contributed by atoms with Gasteiger partial charge in [0, 0.05) is 25.1 Å². The van der Waals surface area contributed by atoms with Crippen molar-refractivity contribution < 1.29 is 4.74 Å². The molecule has 78 valence electrons. The first-order valence-electron chi connectivity index (χ1n) is 5.12. The van der Waals surface area contributed by atoms with E-state index in [0.29, 0.717) is 18.0 Å². The molecule has 0 radical (unpaired) electrons. The zero-order valence-corrected chi connectivity index (χ0v) is 9.39. The first-order valence-corrected chi connectivity index (χ1v) is 5.65. The molecule has 2 atom stereocenters. The predicted octanol–water partition coefficient (Wildman–Crippen LogP) is 2.11. The Bertz CT molecular complexity index is 137. The molecule has 0 bridgehead atoms. The number of ether oxygens (including phenoxy) is 1. The van der Waals surface area contributed by atoms with E-state index in [-0.39, 0.29) is 0 Å². The summed E-state index contributed by atoms with van der Waals surface area (Å²) in [6.45, 7) is 4.21. The molecule has 0 amide bonds. The van der Waals surface area contributed by atoms with Crippen LogP contribution in [-0.4, -0.2) is 43.1 Å². The Labute approximate surface area is 86.2 Å². The first-order chi connectivity index (χ1) is 6.24. The second-order valence-electron chi connectivity index (χ2n) is 3.91. The normalized spacial score (nSPS) is 25.4. The molecule has 1 fully saturated rings. The molecule has 0 aromatic heterocycles. The third-order valence-electron chi connectivity index (χ3n) is 2.80. The van der Waals surface area contributed by atoms with Crippen molar-refractivity contribution in [3.05, 3.63) is 0 Å². The van der Waals surface area contributed by atoms with E-state index in [1.54, 1.807) is 0 Å². The van der Waals surface area contributed by atoms with E-state index in [1.165, 1.54) is 12.8 Å². The smallest absolute Gasteiger partial charge is 0.0588 e. The van der Waals surface area contributed by atoms with Gasteiger partial charge in [-0.25, -0.2) is 0 Å². The zero-order valence-electron chi connectivity index (χ0n) is 8.63. The molecule has 1 heterocycles. The van der Waals surface area contributed by atoms with Gasteiger partial charge < -0.3 is 9.64 Å². The van der Waals surface area contributed by atoms with Gasteiger partial charge in [0.25, 0.3) is 0 Å². The molecule has 2 unspecified atom stereocenters. The quantitative estimate of drug-likeness (QED) is 0.638.